The Hall–Kier alpha value is -0.130. The van der Waals surface area contributed by atoms with Crippen molar-refractivity contribution in [2.45, 2.75) is 18.6 Å². The molecule has 0 bridgehead atoms. The van der Waals surface area contributed by atoms with Gasteiger partial charge >= 0.3 is 0 Å². The molecule has 5 heteroatoms. The van der Waals surface area contributed by atoms with Crippen LogP contribution in [0.15, 0.2) is 0 Å². The summed E-state index contributed by atoms with van der Waals surface area (Å²) in [5.74, 6) is 0. The van der Waals surface area contributed by atoms with E-state index in [1.165, 1.54) is 14.2 Å². The number of ether oxygens (including phenoxy) is 1. The SMILES string of the molecule is CCC(COC)S(=O)(=O)NC. The smallest absolute Gasteiger partial charge is 0.216 e. The van der Waals surface area contributed by atoms with Crippen LogP contribution < -0.4 is 4.72 Å². The molecular formula is C6H15NO3S. The van der Waals surface area contributed by atoms with Gasteiger partial charge in [-0.05, 0) is 13.5 Å². The van der Waals surface area contributed by atoms with Crippen LogP contribution >= 0.6 is 0 Å². The highest BCUT2D eigenvalue weighted by Crippen LogP contribution is 2.03. The van der Waals surface area contributed by atoms with E-state index in [9.17, 15) is 8.42 Å². The Labute approximate surface area is 68.0 Å². The largest absolute Gasteiger partial charge is 0.383 e. The van der Waals surface area contributed by atoms with Crippen LogP contribution in [-0.2, 0) is 14.8 Å². The van der Waals surface area contributed by atoms with Gasteiger partial charge in [0.2, 0.25) is 10.0 Å². The molecule has 0 aromatic heterocycles. The van der Waals surface area contributed by atoms with Crippen molar-refractivity contribution in [1.82, 2.24) is 4.72 Å². The molecule has 1 unspecified atom stereocenters. The van der Waals surface area contributed by atoms with Crippen LogP contribution in [0.4, 0.5) is 0 Å². The Balaban J connectivity index is 4.25. The van der Waals surface area contributed by atoms with Crippen LogP contribution in [0, 0.1) is 0 Å². The number of nitrogens with one attached hydrogen (secondary N) is 1. The van der Waals surface area contributed by atoms with Gasteiger partial charge in [0.15, 0.2) is 0 Å². The van der Waals surface area contributed by atoms with Crippen LogP contribution in [0.5, 0.6) is 0 Å². The van der Waals surface area contributed by atoms with Gasteiger partial charge in [-0.2, -0.15) is 0 Å². The lowest BCUT2D eigenvalue weighted by atomic mass is 10.3. The first-order valence-corrected chi connectivity index (χ1v) is 5.04. The molecule has 0 aliphatic heterocycles. The van der Waals surface area contributed by atoms with Crippen molar-refractivity contribution in [2.75, 3.05) is 20.8 Å². The van der Waals surface area contributed by atoms with E-state index in [1.54, 1.807) is 0 Å². The maximum atomic E-state index is 11.1. The van der Waals surface area contributed by atoms with Crippen molar-refractivity contribution < 1.29 is 13.2 Å². The molecular weight excluding hydrogens is 166 g/mol. The zero-order valence-electron chi connectivity index (χ0n) is 7.12. The van der Waals surface area contributed by atoms with E-state index in [0.717, 1.165) is 0 Å². The van der Waals surface area contributed by atoms with Gasteiger partial charge in [-0.3, -0.25) is 0 Å². The van der Waals surface area contributed by atoms with E-state index in [-0.39, 0.29) is 6.61 Å². The van der Waals surface area contributed by atoms with E-state index in [2.05, 4.69) is 4.72 Å². The summed E-state index contributed by atoms with van der Waals surface area (Å²) in [6, 6.07) is 0. The topological polar surface area (TPSA) is 55.4 Å². The average molecular weight is 181 g/mol. The Morgan fingerprint density at radius 3 is 2.36 bits per heavy atom. The van der Waals surface area contributed by atoms with Crippen molar-refractivity contribution >= 4 is 10.0 Å². The summed E-state index contributed by atoms with van der Waals surface area (Å²) in [7, 11) is -0.243. The summed E-state index contributed by atoms with van der Waals surface area (Å²) in [6.45, 7) is 2.07. The van der Waals surface area contributed by atoms with E-state index in [1.807, 2.05) is 6.92 Å². The van der Waals surface area contributed by atoms with Crippen LogP contribution in [0.2, 0.25) is 0 Å². The summed E-state index contributed by atoms with van der Waals surface area (Å²) in [5.41, 5.74) is 0. The zero-order chi connectivity index (χ0) is 8.91. The minimum absolute atomic E-state index is 0.250. The van der Waals surface area contributed by atoms with E-state index < -0.39 is 15.3 Å². The highest BCUT2D eigenvalue weighted by molar-refractivity contribution is 7.90. The fraction of sp³-hybridized carbons (Fsp3) is 1.00. The number of hydrogen-bond donors (Lipinski definition) is 1. The Morgan fingerprint density at radius 1 is 1.55 bits per heavy atom. The number of rotatable bonds is 5. The van der Waals surface area contributed by atoms with Gasteiger partial charge in [0.1, 0.15) is 0 Å². The lowest BCUT2D eigenvalue weighted by Crippen LogP contribution is -2.34. The molecule has 0 aromatic carbocycles. The average Bonchev–Trinajstić information content (AvgIpc) is 2.00. The zero-order valence-corrected chi connectivity index (χ0v) is 7.94. The number of sulfonamides is 1. The molecule has 1 N–H and O–H groups in total. The second-order valence-corrected chi connectivity index (χ2v) is 4.40. The molecule has 11 heavy (non-hydrogen) atoms. The first-order valence-electron chi connectivity index (χ1n) is 3.49. The molecule has 0 amide bonds. The summed E-state index contributed by atoms with van der Waals surface area (Å²) >= 11 is 0. The Morgan fingerprint density at radius 2 is 2.09 bits per heavy atom. The maximum Gasteiger partial charge on any atom is 0.216 e. The van der Waals surface area contributed by atoms with Crippen molar-refractivity contribution in [2.24, 2.45) is 0 Å². The molecule has 0 aliphatic rings. The first kappa shape index (κ1) is 10.9. The quantitative estimate of drug-likeness (QED) is 0.647. The van der Waals surface area contributed by atoms with Gasteiger partial charge in [0, 0.05) is 7.11 Å². The molecule has 0 saturated carbocycles. The van der Waals surface area contributed by atoms with Crippen molar-refractivity contribution in [3.63, 3.8) is 0 Å². The molecule has 0 radical (unpaired) electrons. The minimum Gasteiger partial charge on any atom is -0.383 e. The predicted molar refractivity (Wildman–Crippen MR) is 43.9 cm³/mol. The van der Waals surface area contributed by atoms with E-state index in [4.69, 9.17) is 4.74 Å². The Kier molecular flexibility index (Phi) is 4.63. The van der Waals surface area contributed by atoms with Crippen molar-refractivity contribution in [3.05, 3.63) is 0 Å². The molecule has 68 valence electrons. The molecule has 0 fully saturated rings. The van der Waals surface area contributed by atoms with Crippen LogP contribution in [0.3, 0.4) is 0 Å². The van der Waals surface area contributed by atoms with Gasteiger partial charge in [-0.1, -0.05) is 6.92 Å². The summed E-state index contributed by atoms with van der Waals surface area (Å²) < 4.78 is 29.3. The fourth-order valence-electron chi connectivity index (χ4n) is 0.779. The molecule has 0 aliphatic carbocycles. The molecule has 1 atom stereocenters. The van der Waals surface area contributed by atoms with Gasteiger partial charge in [-0.15, -0.1) is 0 Å². The highest BCUT2D eigenvalue weighted by atomic mass is 32.2. The molecule has 0 heterocycles. The first-order chi connectivity index (χ1) is 5.08. The summed E-state index contributed by atoms with van der Waals surface area (Å²) in [5, 5.41) is -0.433. The highest BCUT2D eigenvalue weighted by Gasteiger charge is 2.20. The van der Waals surface area contributed by atoms with Gasteiger partial charge < -0.3 is 4.74 Å². The third-order valence-corrected chi connectivity index (χ3v) is 3.45. The standard InChI is InChI=1S/C6H15NO3S/c1-4-6(5-10-3)11(8,9)7-2/h6-7H,4-5H2,1-3H3. The van der Waals surface area contributed by atoms with E-state index >= 15 is 0 Å². The summed E-state index contributed by atoms with van der Waals surface area (Å²) in [4.78, 5) is 0. The Bertz CT molecular complexity index is 188. The third-order valence-electron chi connectivity index (χ3n) is 1.53. The molecule has 0 rings (SSSR count). The third kappa shape index (κ3) is 3.18. The van der Waals surface area contributed by atoms with Crippen LogP contribution in [-0.4, -0.2) is 34.4 Å². The number of methoxy groups -OCH3 is 1. The van der Waals surface area contributed by atoms with Crippen molar-refractivity contribution in [1.29, 1.82) is 0 Å². The molecule has 4 nitrogen and oxygen atoms in total. The second kappa shape index (κ2) is 4.69. The number of hydrogen-bond acceptors (Lipinski definition) is 3. The van der Waals surface area contributed by atoms with Gasteiger partial charge in [0.25, 0.3) is 0 Å². The molecule has 0 spiro atoms. The van der Waals surface area contributed by atoms with Gasteiger partial charge in [-0.25, -0.2) is 13.1 Å². The maximum absolute atomic E-state index is 11.1. The van der Waals surface area contributed by atoms with Crippen LogP contribution in [0.25, 0.3) is 0 Å². The van der Waals surface area contributed by atoms with Crippen LogP contribution in [0.1, 0.15) is 13.3 Å². The van der Waals surface area contributed by atoms with Crippen molar-refractivity contribution in [3.8, 4) is 0 Å². The minimum atomic E-state index is -3.15. The molecule has 0 aromatic rings. The van der Waals surface area contributed by atoms with Gasteiger partial charge in [0.05, 0.1) is 11.9 Å². The second-order valence-electron chi connectivity index (χ2n) is 2.23. The lowest BCUT2D eigenvalue weighted by molar-refractivity contribution is 0.195. The fourth-order valence-corrected chi connectivity index (χ4v) is 1.87. The summed E-state index contributed by atoms with van der Waals surface area (Å²) in [6.07, 6.45) is 0.566. The normalized spacial score (nSPS) is 14.8. The predicted octanol–water partition coefficient (Wildman–Crippen LogP) is -0.0394. The monoisotopic (exact) mass is 181 g/mol. The van der Waals surface area contributed by atoms with E-state index in [0.29, 0.717) is 6.42 Å². The molecule has 0 saturated heterocycles. The lowest BCUT2D eigenvalue weighted by Gasteiger charge is -2.12.